The number of carbonyl (C=O) groups is 4. The third kappa shape index (κ3) is 7.90. The van der Waals surface area contributed by atoms with Crippen LogP contribution in [-0.2, 0) is 29.1 Å². The molecule has 4 aliphatic rings. The Bertz CT molecular complexity index is 2130. The van der Waals surface area contributed by atoms with Crippen molar-refractivity contribution >= 4 is 44.6 Å². The number of carbonyl (C=O) groups excluding carboxylic acids is 3. The van der Waals surface area contributed by atoms with Crippen LogP contribution in [0.1, 0.15) is 80.1 Å². The van der Waals surface area contributed by atoms with Gasteiger partial charge in [-0.2, -0.15) is 0 Å². The first-order valence-corrected chi connectivity index (χ1v) is 20.6. The maximum Gasteiger partial charge on any atom is 0.408 e. The molecule has 15 nitrogen and oxygen atoms in total. The van der Waals surface area contributed by atoms with Crippen LogP contribution in [-0.4, -0.2) is 118 Å². The summed E-state index contributed by atoms with van der Waals surface area (Å²) in [7, 11) is -2.73. The number of nitrogens with zero attached hydrogens (tertiary/aromatic N) is 3. The molecule has 2 aliphatic heterocycles. The van der Waals surface area contributed by atoms with Gasteiger partial charge in [-0.1, -0.05) is 12.2 Å². The second kappa shape index (κ2) is 15.2. The van der Waals surface area contributed by atoms with E-state index in [1.807, 2.05) is 0 Å². The molecule has 58 heavy (non-hydrogen) atoms. The minimum absolute atomic E-state index is 0.0273. The van der Waals surface area contributed by atoms with Crippen LogP contribution < -0.4 is 19.5 Å². The van der Waals surface area contributed by atoms with Crippen LogP contribution >= 0.6 is 0 Å². The third-order valence-corrected chi connectivity index (χ3v) is 14.3. The second-order valence-corrected chi connectivity index (χ2v) is 18.9. The van der Waals surface area contributed by atoms with Crippen LogP contribution in [0.4, 0.5) is 18.0 Å². The fourth-order valence-electron chi connectivity index (χ4n) is 7.73. The number of alkyl halides is 2. The Labute approximate surface area is 334 Å². The average Bonchev–Trinajstić information content (AvgIpc) is 4.01. The number of sulfonamides is 1. The first kappa shape index (κ1) is 42.9. The lowest BCUT2D eigenvalue weighted by Gasteiger charge is -2.47. The number of fused-ring (bicyclic) bond motifs is 3. The summed E-state index contributed by atoms with van der Waals surface area (Å²) in [5.74, 6) is -7.64. The summed E-state index contributed by atoms with van der Waals surface area (Å²) in [6.45, 7) is 6.66. The highest BCUT2D eigenvalue weighted by atomic mass is 32.2. The van der Waals surface area contributed by atoms with E-state index in [2.05, 4.69) is 15.0 Å². The van der Waals surface area contributed by atoms with Crippen molar-refractivity contribution < 1.29 is 60.1 Å². The normalized spacial score (nSPS) is 29.5. The summed E-state index contributed by atoms with van der Waals surface area (Å²) >= 11 is 0. The van der Waals surface area contributed by atoms with E-state index >= 15 is 13.6 Å². The summed E-state index contributed by atoms with van der Waals surface area (Å²) in [6.07, 6.45) is 1.06. The van der Waals surface area contributed by atoms with Gasteiger partial charge in [0.1, 0.15) is 40.8 Å². The topological polar surface area (TPSA) is 194 Å². The van der Waals surface area contributed by atoms with Crippen molar-refractivity contribution in [1.82, 2.24) is 24.8 Å². The van der Waals surface area contributed by atoms with Gasteiger partial charge in [0.05, 0.1) is 42.2 Å². The summed E-state index contributed by atoms with van der Waals surface area (Å²) < 4.78 is 90.3. The molecule has 0 radical (unpaired) electrons. The van der Waals surface area contributed by atoms with E-state index in [1.165, 1.54) is 45.4 Å². The lowest BCUT2D eigenvalue weighted by Crippen LogP contribution is -2.68. The summed E-state index contributed by atoms with van der Waals surface area (Å²) in [5.41, 5.74) is -4.22. The number of benzene rings is 1. The number of hydrogen-bond acceptors (Lipinski definition) is 10. The zero-order chi connectivity index (χ0) is 42.7. The lowest BCUT2D eigenvalue weighted by atomic mass is 9.91. The van der Waals surface area contributed by atoms with Crippen molar-refractivity contribution in [3.05, 3.63) is 42.4 Å². The number of methoxy groups -OCH3 is 1. The maximum atomic E-state index is 15.3. The van der Waals surface area contributed by atoms with Gasteiger partial charge in [0.2, 0.25) is 27.7 Å². The average molecular weight is 838 g/mol. The molecule has 19 heteroatoms. The van der Waals surface area contributed by atoms with E-state index in [-0.39, 0.29) is 24.1 Å². The first-order chi connectivity index (χ1) is 27.0. The van der Waals surface area contributed by atoms with Gasteiger partial charge in [-0.05, 0) is 84.9 Å². The van der Waals surface area contributed by atoms with Crippen molar-refractivity contribution in [1.29, 1.82) is 0 Å². The van der Waals surface area contributed by atoms with Crippen LogP contribution in [0.2, 0.25) is 0 Å². The molecule has 7 atom stereocenters. The molecule has 2 saturated carbocycles. The number of amides is 4. The minimum Gasteiger partial charge on any atom is -0.494 e. The van der Waals surface area contributed by atoms with Gasteiger partial charge >= 0.3 is 6.09 Å². The summed E-state index contributed by atoms with van der Waals surface area (Å²) in [5, 5.41) is 13.9. The van der Waals surface area contributed by atoms with Crippen LogP contribution in [0, 0.1) is 11.7 Å². The molecule has 4 amide bonds. The molecule has 2 aliphatic carbocycles. The molecule has 6 rings (SSSR count). The first-order valence-electron chi connectivity index (χ1n) is 19.2. The fourth-order valence-corrected chi connectivity index (χ4v) is 9.04. The van der Waals surface area contributed by atoms with E-state index < -0.39 is 104 Å². The molecule has 2 aromatic rings. The fraction of sp³-hybridized carbons (Fsp3) is 0.615. The number of pyridine rings is 1. The number of allylic oxidation sites excluding steroid dienone is 1. The molecule has 0 bridgehead atoms. The Morgan fingerprint density at radius 1 is 1.16 bits per heavy atom. The monoisotopic (exact) mass is 837 g/mol. The summed E-state index contributed by atoms with van der Waals surface area (Å²) in [4.78, 5) is 62.1. The highest BCUT2D eigenvalue weighted by Crippen LogP contribution is 2.48. The van der Waals surface area contributed by atoms with Gasteiger partial charge in [0.15, 0.2) is 0 Å². The van der Waals surface area contributed by atoms with Crippen LogP contribution in [0.3, 0.4) is 0 Å². The Morgan fingerprint density at radius 3 is 2.47 bits per heavy atom. The number of nitrogens with one attached hydrogen (secondary N) is 2. The van der Waals surface area contributed by atoms with Crippen molar-refractivity contribution in [3.63, 3.8) is 0 Å². The molecule has 3 fully saturated rings. The number of aromatic nitrogens is 1. The molecule has 1 saturated heterocycles. The van der Waals surface area contributed by atoms with Gasteiger partial charge in [-0.3, -0.25) is 24.0 Å². The molecule has 1 aromatic carbocycles. The number of ether oxygens (including phenoxy) is 3. The van der Waals surface area contributed by atoms with E-state index in [4.69, 9.17) is 14.2 Å². The van der Waals surface area contributed by atoms with E-state index in [9.17, 15) is 32.3 Å². The van der Waals surface area contributed by atoms with Crippen molar-refractivity contribution in [2.45, 2.75) is 132 Å². The highest BCUT2D eigenvalue weighted by molar-refractivity contribution is 7.91. The predicted molar refractivity (Wildman–Crippen MR) is 203 cm³/mol. The van der Waals surface area contributed by atoms with Gasteiger partial charge in [0, 0.05) is 24.6 Å². The Kier molecular flexibility index (Phi) is 11.2. The maximum absolute atomic E-state index is 15.3. The standard InChI is InChI=1S/C39H50F3N5O10S/c1-21-10-8-9-11-23-18-39(23,34(50)45-58(53,54)37(5)14-15-37)44-31(48)28-17-25(57-32-27-16-24(40)12-13-26(27)29(55-7)19-43-32)20-46(28)33(49)30(22(2)56-21)47(35(51)52)36(3,4)38(6,41)42/h9,11-13,16,19,21-23,25,28,30H,8,10,14-15,17-18,20H2,1-7H3,(H,44,48)(H,45,50)(H,51,52)/b11-9-/t21-,22+,23-,25-,28+,30+,39-/m1/s1. The van der Waals surface area contributed by atoms with E-state index in [0.29, 0.717) is 48.6 Å². The molecule has 0 unspecified atom stereocenters. The third-order valence-electron chi connectivity index (χ3n) is 12.1. The number of rotatable bonds is 9. The number of carboxylic acid groups (broad SMARTS) is 1. The lowest BCUT2D eigenvalue weighted by molar-refractivity contribution is -0.164. The molecule has 3 heterocycles. The molecular weight excluding hydrogens is 788 g/mol. The minimum atomic E-state index is -4.13. The Hall–Kier alpha value is -4.65. The number of hydrogen-bond donors (Lipinski definition) is 3. The van der Waals surface area contributed by atoms with Gasteiger partial charge in [-0.25, -0.2) is 31.4 Å². The van der Waals surface area contributed by atoms with Gasteiger partial charge in [-0.15, -0.1) is 0 Å². The highest BCUT2D eigenvalue weighted by Gasteiger charge is 2.63. The quantitative estimate of drug-likeness (QED) is 0.301. The molecule has 3 N–H and O–H groups in total. The van der Waals surface area contributed by atoms with Crippen molar-refractivity contribution in [2.75, 3.05) is 13.7 Å². The molecule has 0 spiro atoms. The van der Waals surface area contributed by atoms with Crippen molar-refractivity contribution in [3.8, 4) is 11.6 Å². The predicted octanol–water partition coefficient (Wildman–Crippen LogP) is 4.53. The smallest absolute Gasteiger partial charge is 0.408 e. The van der Waals surface area contributed by atoms with Gasteiger partial charge in [0.25, 0.3) is 11.8 Å². The van der Waals surface area contributed by atoms with Crippen LogP contribution in [0.5, 0.6) is 11.6 Å². The second-order valence-electron chi connectivity index (χ2n) is 16.7. The largest absolute Gasteiger partial charge is 0.494 e. The number of halogens is 3. The van der Waals surface area contributed by atoms with Crippen molar-refractivity contribution in [2.24, 2.45) is 5.92 Å². The zero-order valence-corrected chi connectivity index (χ0v) is 34.2. The molecule has 318 valence electrons. The van der Waals surface area contributed by atoms with Crippen LogP contribution in [0.25, 0.3) is 10.8 Å². The Balaban J connectivity index is 1.43. The van der Waals surface area contributed by atoms with Crippen LogP contribution in [0.15, 0.2) is 36.5 Å². The molecule has 1 aromatic heterocycles. The molecular formula is C39H50F3N5O10S. The van der Waals surface area contributed by atoms with Gasteiger partial charge < -0.3 is 29.5 Å². The SMILES string of the molecule is COc1cnc(O[C@@H]2C[C@H]3C(=O)N[C@]4(C(=O)NS(=O)(=O)C5(C)CC5)C[C@H]4/C=C\CC[C@@H](C)O[C@@H](C)[C@H](N(C(=O)O)C(C)(C)C(C)(F)F)C(=O)N3C2)c2cc(F)ccc12. The van der Waals surface area contributed by atoms with E-state index in [0.717, 1.165) is 18.7 Å². The summed E-state index contributed by atoms with van der Waals surface area (Å²) in [6, 6.07) is 0.400. The zero-order valence-electron chi connectivity index (χ0n) is 33.4. The Morgan fingerprint density at radius 2 is 1.84 bits per heavy atom. The van der Waals surface area contributed by atoms with E-state index in [1.54, 1.807) is 19.1 Å².